The Morgan fingerprint density at radius 3 is 2.73 bits per heavy atom. The van der Waals surface area contributed by atoms with Gasteiger partial charge in [0.2, 0.25) is 5.78 Å². The van der Waals surface area contributed by atoms with Crippen LogP contribution in [-0.2, 0) is 13.1 Å². The summed E-state index contributed by atoms with van der Waals surface area (Å²) in [6.07, 6.45) is 1.84. The van der Waals surface area contributed by atoms with Crippen LogP contribution in [-0.4, -0.2) is 24.5 Å². The van der Waals surface area contributed by atoms with Crippen LogP contribution in [0.1, 0.15) is 31.9 Å². The van der Waals surface area contributed by atoms with Gasteiger partial charge >= 0.3 is 0 Å². The van der Waals surface area contributed by atoms with Gasteiger partial charge in [-0.15, -0.1) is 11.3 Å². The van der Waals surface area contributed by atoms with Crippen LogP contribution < -0.4 is 14.2 Å². The predicted molar refractivity (Wildman–Crippen MR) is 116 cm³/mol. The molecule has 5 rings (SSSR count). The monoisotopic (exact) mass is 419 g/mol. The maximum atomic E-state index is 12.9. The summed E-state index contributed by atoms with van der Waals surface area (Å²) in [7, 11) is 1.66. The van der Waals surface area contributed by atoms with E-state index < -0.39 is 0 Å². The SMILES string of the molecule is COc1ccc(CN2COc3ccc4c(c3C2)O/C(=C\c2sccc2C)C4=O)cc1. The Morgan fingerprint density at radius 2 is 2.00 bits per heavy atom. The van der Waals surface area contributed by atoms with Gasteiger partial charge < -0.3 is 14.2 Å². The van der Waals surface area contributed by atoms with Crippen LogP contribution >= 0.6 is 11.3 Å². The number of ether oxygens (including phenoxy) is 3. The van der Waals surface area contributed by atoms with E-state index in [1.165, 1.54) is 5.56 Å². The third-order valence-corrected chi connectivity index (χ3v) is 6.38. The fourth-order valence-electron chi connectivity index (χ4n) is 3.75. The molecule has 0 bridgehead atoms. The molecule has 0 N–H and O–H groups in total. The highest BCUT2D eigenvalue weighted by atomic mass is 32.1. The van der Waals surface area contributed by atoms with Gasteiger partial charge in [0.1, 0.15) is 24.0 Å². The zero-order chi connectivity index (χ0) is 20.7. The van der Waals surface area contributed by atoms with Gasteiger partial charge in [0.15, 0.2) is 5.76 Å². The number of Topliss-reactive ketones (excluding diaryl/α,β-unsaturated/α-hetero) is 1. The molecule has 0 spiro atoms. The number of hydrogen-bond donors (Lipinski definition) is 0. The minimum atomic E-state index is -0.0760. The van der Waals surface area contributed by atoms with Crippen molar-refractivity contribution in [1.82, 2.24) is 4.90 Å². The number of thiophene rings is 1. The molecular weight excluding hydrogens is 398 g/mol. The summed E-state index contributed by atoms with van der Waals surface area (Å²) in [5, 5.41) is 2.01. The molecule has 0 unspecified atom stereocenters. The lowest BCUT2D eigenvalue weighted by Gasteiger charge is -2.29. The Hall–Kier alpha value is -3.09. The second kappa shape index (κ2) is 7.63. The minimum Gasteiger partial charge on any atom is -0.497 e. The number of allylic oxidation sites excluding steroid dienone is 1. The molecule has 0 aliphatic carbocycles. The van der Waals surface area contributed by atoms with Gasteiger partial charge in [-0.2, -0.15) is 0 Å². The number of nitrogens with zero attached hydrogens (tertiary/aromatic N) is 1. The molecule has 3 heterocycles. The van der Waals surface area contributed by atoms with Gasteiger partial charge in [-0.3, -0.25) is 9.69 Å². The third-order valence-electron chi connectivity index (χ3n) is 5.41. The van der Waals surface area contributed by atoms with Gasteiger partial charge in [-0.25, -0.2) is 0 Å². The van der Waals surface area contributed by atoms with Crippen LogP contribution in [0.4, 0.5) is 0 Å². The standard InChI is InChI=1S/C24H21NO4S/c1-15-9-10-30-22(15)11-21-23(26)18-7-8-20-19(24(18)29-21)13-25(14-28-20)12-16-3-5-17(27-2)6-4-16/h3-11H,12-14H2,1-2H3/b21-11-. The van der Waals surface area contributed by atoms with Crippen LogP contribution in [0, 0.1) is 6.92 Å². The highest BCUT2D eigenvalue weighted by molar-refractivity contribution is 7.11. The number of carbonyl (C=O) groups excluding carboxylic acids is 1. The number of aryl methyl sites for hydroxylation is 1. The molecular formula is C24H21NO4S. The molecule has 1 aromatic heterocycles. The van der Waals surface area contributed by atoms with Gasteiger partial charge in [-0.1, -0.05) is 12.1 Å². The van der Waals surface area contributed by atoms with Gasteiger partial charge in [-0.05, 0) is 53.8 Å². The fraction of sp³-hybridized carbons (Fsp3) is 0.208. The molecule has 2 aliphatic rings. The molecule has 0 atom stereocenters. The number of methoxy groups -OCH3 is 1. The summed E-state index contributed by atoms with van der Waals surface area (Å²) in [5.74, 6) is 2.53. The summed E-state index contributed by atoms with van der Waals surface area (Å²) in [6, 6.07) is 13.7. The lowest BCUT2D eigenvalue weighted by molar-refractivity contribution is 0.0872. The molecule has 0 radical (unpaired) electrons. The van der Waals surface area contributed by atoms with Crippen molar-refractivity contribution in [1.29, 1.82) is 0 Å². The fourth-order valence-corrected chi connectivity index (χ4v) is 4.59. The Morgan fingerprint density at radius 1 is 1.17 bits per heavy atom. The van der Waals surface area contributed by atoms with E-state index in [4.69, 9.17) is 14.2 Å². The average molecular weight is 420 g/mol. The quantitative estimate of drug-likeness (QED) is 0.555. The zero-order valence-corrected chi connectivity index (χ0v) is 17.6. The molecule has 0 amide bonds. The first-order valence-corrected chi connectivity index (χ1v) is 10.6. The summed E-state index contributed by atoms with van der Waals surface area (Å²) in [4.78, 5) is 16.1. The van der Waals surface area contributed by atoms with E-state index in [-0.39, 0.29) is 5.78 Å². The van der Waals surface area contributed by atoms with Gasteiger partial charge in [0, 0.05) is 24.0 Å². The van der Waals surface area contributed by atoms with E-state index in [9.17, 15) is 4.79 Å². The highest BCUT2D eigenvalue weighted by Crippen LogP contribution is 2.42. The van der Waals surface area contributed by atoms with Crippen molar-refractivity contribution < 1.29 is 19.0 Å². The molecule has 30 heavy (non-hydrogen) atoms. The van der Waals surface area contributed by atoms with Crippen molar-refractivity contribution in [3.63, 3.8) is 0 Å². The summed E-state index contributed by atoms with van der Waals surface area (Å²) < 4.78 is 17.3. The maximum absolute atomic E-state index is 12.9. The highest BCUT2D eigenvalue weighted by Gasteiger charge is 2.33. The van der Waals surface area contributed by atoms with Crippen molar-refractivity contribution in [2.45, 2.75) is 20.0 Å². The smallest absolute Gasteiger partial charge is 0.232 e. The Kier molecular flexibility index (Phi) is 4.81. The van der Waals surface area contributed by atoms with Crippen molar-refractivity contribution in [3.05, 3.63) is 80.7 Å². The molecule has 0 fully saturated rings. The molecule has 6 heteroatoms. The van der Waals surface area contributed by atoms with Crippen LogP contribution in [0.2, 0.25) is 0 Å². The number of fused-ring (bicyclic) bond motifs is 3. The second-order valence-corrected chi connectivity index (χ2v) is 8.38. The lowest BCUT2D eigenvalue weighted by atomic mass is 10.0. The number of benzene rings is 2. The molecule has 5 nitrogen and oxygen atoms in total. The molecule has 2 aromatic carbocycles. The number of ketones is 1. The number of carbonyl (C=O) groups is 1. The van der Waals surface area contributed by atoms with E-state index in [2.05, 4.69) is 4.90 Å². The average Bonchev–Trinajstić information content (AvgIpc) is 3.32. The maximum Gasteiger partial charge on any atom is 0.232 e. The minimum absolute atomic E-state index is 0.0760. The molecule has 0 saturated carbocycles. The van der Waals surface area contributed by atoms with Crippen LogP contribution in [0.3, 0.4) is 0 Å². The molecule has 0 saturated heterocycles. The molecule has 3 aromatic rings. The van der Waals surface area contributed by atoms with E-state index in [1.54, 1.807) is 24.5 Å². The lowest BCUT2D eigenvalue weighted by Crippen LogP contribution is -2.31. The first kappa shape index (κ1) is 18.9. The topological polar surface area (TPSA) is 48.0 Å². The zero-order valence-electron chi connectivity index (χ0n) is 16.8. The number of rotatable bonds is 4. The first-order chi connectivity index (χ1) is 14.6. The largest absolute Gasteiger partial charge is 0.497 e. The second-order valence-electron chi connectivity index (χ2n) is 7.44. The van der Waals surface area contributed by atoms with Crippen molar-refractivity contribution in [3.8, 4) is 17.2 Å². The predicted octanol–water partition coefficient (Wildman–Crippen LogP) is 5.03. The summed E-state index contributed by atoms with van der Waals surface area (Å²) >= 11 is 1.60. The van der Waals surface area contributed by atoms with Crippen molar-refractivity contribution in [2.75, 3.05) is 13.8 Å². The summed E-state index contributed by atoms with van der Waals surface area (Å²) in [6.45, 7) is 3.91. The number of hydrogen-bond acceptors (Lipinski definition) is 6. The van der Waals surface area contributed by atoms with E-state index >= 15 is 0 Å². The Labute approximate surface area is 179 Å². The summed E-state index contributed by atoms with van der Waals surface area (Å²) in [5.41, 5.74) is 3.83. The normalized spacial score (nSPS) is 16.7. The van der Waals surface area contributed by atoms with Crippen LogP contribution in [0.5, 0.6) is 17.2 Å². The molecule has 152 valence electrons. The molecule has 2 aliphatic heterocycles. The first-order valence-electron chi connectivity index (χ1n) is 9.74. The van der Waals surface area contributed by atoms with Gasteiger partial charge in [0.25, 0.3) is 0 Å². The van der Waals surface area contributed by atoms with Crippen LogP contribution in [0.15, 0.2) is 53.6 Å². The van der Waals surface area contributed by atoms with E-state index in [0.29, 0.717) is 30.3 Å². The third kappa shape index (κ3) is 3.38. The Balaban J connectivity index is 1.40. The van der Waals surface area contributed by atoms with Gasteiger partial charge in [0.05, 0.1) is 18.2 Å². The van der Waals surface area contributed by atoms with E-state index in [0.717, 1.165) is 34.0 Å². The van der Waals surface area contributed by atoms with Crippen molar-refractivity contribution in [2.24, 2.45) is 0 Å². The Bertz CT molecular complexity index is 1150. The van der Waals surface area contributed by atoms with E-state index in [1.807, 2.05) is 54.8 Å². The van der Waals surface area contributed by atoms with Crippen LogP contribution in [0.25, 0.3) is 6.08 Å². The van der Waals surface area contributed by atoms with Crippen molar-refractivity contribution >= 4 is 23.2 Å².